The molecule has 0 aromatic heterocycles. The van der Waals surface area contributed by atoms with Gasteiger partial charge in [0.2, 0.25) is 0 Å². The molecule has 0 bridgehead atoms. The minimum Gasteiger partial charge on any atom is -0.490 e. The van der Waals surface area contributed by atoms with Gasteiger partial charge >= 0.3 is 0 Å². The molecule has 6 nitrogen and oxygen atoms in total. The van der Waals surface area contributed by atoms with Crippen molar-refractivity contribution in [1.82, 2.24) is 4.90 Å². The van der Waals surface area contributed by atoms with Gasteiger partial charge in [-0.15, -0.1) is 0 Å². The third-order valence-corrected chi connectivity index (χ3v) is 6.77. The van der Waals surface area contributed by atoms with Gasteiger partial charge in [-0.25, -0.2) is 0 Å². The summed E-state index contributed by atoms with van der Waals surface area (Å²) < 4.78 is 17.9. The summed E-state index contributed by atoms with van der Waals surface area (Å²) in [7, 11) is 0. The van der Waals surface area contributed by atoms with Crippen LogP contribution in [0, 0.1) is 6.92 Å². The molecule has 3 heterocycles. The first kappa shape index (κ1) is 20.6. The van der Waals surface area contributed by atoms with Gasteiger partial charge in [0.1, 0.15) is 11.4 Å². The fourth-order valence-corrected chi connectivity index (χ4v) is 4.94. The topological polar surface area (TPSA) is 71.4 Å². The molecular formula is C25H31NO5. The standard InChI is InChI=1S/C25H31NO5/c1-17-3-5-22-19(13-17)20(27)15-25(31-22)7-9-26(10-8-25)16-21(28)18-4-6-23-24(14-18)30-12-2-11-29-23/h3-6,13-14,20-21,27-28H,2,7-12,15-16H2,1H3/t20-,21+/m1/s1. The van der Waals surface area contributed by atoms with Crippen molar-refractivity contribution in [1.29, 1.82) is 0 Å². The molecule has 1 saturated heterocycles. The van der Waals surface area contributed by atoms with Crippen LogP contribution in [0.15, 0.2) is 36.4 Å². The van der Waals surface area contributed by atoms with Crippen molar-refractivity contribution in [3.8, 4) is 17.2 Å². The Morgan fingerprint density at radius 3 is 2.58 bits per heavy atom. The summed E-state index contributed by atoms with van der Waals surface area (Å²) in [6.07, 6.45) is 2.09. The number of aryl methyl sites for hydroxylation is 1. The number of likely N-dealkylation sites (tertiary alicyclic amines) is 1. The predicted octanol–water partition coefficient (Wildman–Crippen LogP) is 3.54. The highest BCUT2D eigenvalue weighted by Crippen LogP contribution is 2.44. The van der Waals surface area contributed by atoms with Crippen molar-refractivity contribution in [3.05, 3.63) is 53.1 Å². The maximum atomic E-state index is 10.8. The minimum absolute atomic E-state index is 0.321. The number of piperidine rings is 1. The van der Waals surface area contributed by atoms with Gasteiger partial charge < -0.3 is 29.3 Å². The number of rotatable bonds is 3. The van der Waals surface area contributed by atoms with Crippen LogP contribution in [-0.2, 0) is 0 Å². The summed E-state index contributed by atoms with van der Waals surface area (Å²) in [6, 6.07) is 11.7. The molecule has 0 amide bonds. The van der Waals surface area contributed by atoms with Gasteiger partial charge in [0.15, 0.2) is 11.5 Å². The third kappa shape index (κ3) is 4.25. The molecule has 0 aliphatic carbocycles. The molecule has 5 rings (SSSR count). The smallest absolute Gasteiger partial charge is 0.161 e. The van der Waals surface area contributed by atoms with Gasteiger partial charge in [-0.3, -0.25) is 0 Å². The molecule has 166 valence electrons. The van der Waals surface area contributed by atoms with Gasteiger partial charge in [-0.1, -0.05) is 17.7 Å². The zero-order valence-electron chi connectivity index (χ0n) is 18.0. The van der Waals surface area contributed by atoms with Crippen molar-refractivity contribution in [2.45, 2.75) is 50.4 Å². The molecule has 6 heteroatoms. The molecule has 1 spiro atoms. The molecule has 2 aromatic carbocycles. The van der Waals surface area contributed by atoms with Crippen LogP contribution < -0.4 is 14.2 Å². The summed E-state index contributed by atoms with van der Waals surface area (Å²) >= 11 is 0. The molecule has 0 radical (unpaired) electrons. The Bertz CT molecular complexity index is 938. The van der Waals surface area contributed by atoms with Crippen LogP contribution in [0.1, 0.15) is 54.6 Å². The first-order valence-electron chi connectivity index (χ1n) is 11.3. The molecule has 2 aromatic rings. The van der Waals surface area contributed by atoms with Crippen molar-refractivity contribution < 1.29 is 24.4 Å². The lowest BCUT2D eigenvalue weighted by atomic mass is 9.81. The summed E-state index contributed by atoms with van der Waals surface area (Å²) in [4.78, 5) is 2.28. The molecule has 2 atom stereocenters. The van der Waals surface area contributed by atoms with Crippen LogP contribution >= 0.6 is 0 Å². The van der Waals surface area contributed by atoms with Gasteiger partial charge in [0, 0.05) is 38.0 Å². The Morgan fingerprint density at radius 2 is 1.77 bits per heavy atom. The van der Waals surface area contributed by atoms with E-state index < -0.39 is 12.2 Å². The van der Waals surface area contributed by atoms with Crippen molar-refractivity contribution >= 4 is 0 Å². The van der Waals surface area contributed by atoms with E-state index in [1.165, 1.54) is 0 Å². The Labute approximate surface area is 183 Å². The second kappa shape index (κ2) is 8.34. The molecular weight excluding hydrogens is 394 g/mol. The SMILES string of the molecule is Cc1ccc2c(c1)[C@H](O)CC1(CCN(C[C@H](O)c3ccc4c(c3)OCCCO4)CC1)O2. The Kier molecular flexibility index (Phi) is 5.54. The van der Waals surface area contributed by atoms with Crippen LogP contribution in [0.25, 0.3) is 0 Å². The van der Waals surface area contributed by atoms with Gasteiger partial charge in [-0.2, -0.15) is 0 Å². The van der Waals surface area contributed by atoms with Crippen LogP contribution in [0.5, 0.6) is 17.2 Å². The quantitative estimate of drug-likeness (QED) is 0.784. The molecule has 0 saturated carbocycles. The summed E-state index contributed by atoms with van der Waals surface area (Å²) in [5.74, 6) is 2.27. The number of ether oxygens (including phenoxy) is 3. The van der Waals surface area contributed by atoms with Crippen molar-refractivity contribution in [2.75, 3.05) is 32.8 Å². The van der Waals surface area contributed by atoms with Gasteiger partial charge in [0.05, 0.1) is 25.4 Å². The maximum absolute atomic E-state index is 10.8. The molecule has 3 aliphatic heterocycles. The van der Waals surface area contributed by atoms with Crippen LogP contribution in [-0.4, -0.2) is 53.6 Å². The van der Waals surface area contributed by atoms with Crippen molar-refractivity contribution in [2.24, 2.45) is 0 Å². The molecule has 3 aliphatic rings. The van der Waals surface area contributed by atoms with Crippen molar-refractivity contribution in [3.63, 3.8) is 0 Å². The number of aliphatic hydroxyl groups is 2. The van der Waals surface area contributed by atoms with E-state index in [0.717, 1.165) is 60.5 Å². The number of hydrogen-bond acceptors (Lipinski definition) is 6. The minimum atomic E-state index is -0.590. The fraction of sp³-hybridized carbons (Fsp3) is 0.520. The normalized spacial score (nSPS) is 23.5. The number of hydrogen-bond donors (Lipinski definition) is 2. The van der Waals surface area contributed by atoms with Crippen LogP contribution in [0.4, 0.5) is 0 Å². The summed E-state index contributed by atoms with van der Waals surface area (Å²) in [5, 5.41) is 21.6. The lowest BCUT2D eigenvalue weighted by molar-refractivity contribution is -0.0588. The second-order valence-corrected chi connectivity index (χ2v) is 9.12. The molecule has 1 fully saturated rings. The maximum Gasteiger partial charge on any atom is 0.161 e. The number of nitrogens with zero attached hydrogens (tertiary/aromatic N) is 1. The average molecular weight is 426 g/mol. The highest BCUT2D eigenvalue weighted by molar-refractivity contribution is 5.44. The lowest BCUT2D eigenvalue weighted by Crippen LogP contribution is -2.51. The molecule has 31 heavy (non-hydrogen) atoms. The van der Waals surface area contributed by atoms with Gasteiger partial charge in [0.25, 0.3) is 0 Å². The zero-order valence-corrected chi connectivity index (χ0v) is 18.0. The highest BCUT2D eigenvalue weighted by Gasteiger charge is 2.43. The first-order chi connectivity index (χ1) is 15.0. The fourth-order valence-electron chi connectivity index (χ4n) is 4.94. The van der Waals surface area contributed by atoms with E-state index in [2.05, 4.69) is 4.90 Å². The number of aliphatic hydroxyl groups excluding tert-OH is 2. The zero-order chi connectivity index (χ0) is 21.4. The largest absolute Gasteiger partial charge is 0.490 e. The van der Waals surface area contributed by atoms with Crippen LogP contribution in [0.3, 0.4) is 0 Å². The van der Waals surface area contributed by atoms with E-state index >= 15 is 0 Å². The third-order valence-electron chi connectivity index (χ3n) is 6.77. The van der Waals surface area contributed by atoms with Gasteiger partial charge in [-0.05, 0) is 49.6 Å². The van der Waals surface area contributed by atoms with E-state index in [1.54, 1.807) is 0 Å². The van der Waals surface area contributed by atoms with E-state index in [1.807, 2.05) is 43.3 Å². The summed E-state index contributed by atoms with van der Waals surface area (Å²) in [5.41, 5.74) is 2.56. The van der Waals surface area contributed by atoms with E-state index in [-0.39, 0.29) is 5.60 Å². The van der Waals surface area contributed by atoms with E-state index in [0.29, 0.717) is 31.9 Å². The lowest BCUT2D eigenvalue weighted by Gasteiger charge is -2.46. The second-order valence-electron chi connectivity index (χ2n) is 9.12. The molecule has 0 unspecified atom stereocenters. The number of fused-ring (bicyclic) bond motifs is 2. The number of benzene rings is 2. The highest BCUT2D eigenvalue weighted by atomic mass is 16.5. The predicted molar refractivity (Wildman–Crippen MR) is 117 cm³/mol. The monoisotopic (exact) mass is 425 g/mol. The first-order valence-corrected chi connectivity index (χ1v) is 11.3. The van der Waals surface area contributed by atoms with E-state index in [4.69, 9.17) is 14.2 Å². The molecule has 2 N–H and O–H groups in total. The average Bonchev–Trinajstić information content (AvgIpc) is 3.01. The number of β-amino-alcohol motifs (C(OH)–C–C–N with tert-alkyl or cyclic N) is 1. The van der Waals surface area contributed by atoms with Crippen LogP contribution in [0.2, 0.25) is 0 Å². The van der Waals surface area contributed by atoms with E-state index in [9.17, 15) is 10.2 Å². The Morgan fingerprint density at radius 1 is 1.03 bits per heavy atom. The Balaban J connectivity index is 1.21. The Hall–Kier alpha value is -2.28. The summed E-state index contributed by atoms with van der Waals surface area (Å²) in [6.45, 7) is 5.55.